The lowest BCUT2D eigenvalue weighted by Crippen LogP contribution is -2.13. The first-order valence-electron chi connectivity index (χ1n) is 5.70. The summed E-state index contributed by atoms with van der Waals surface area (Å²) >= 11 is 0. The Morgan fingerprint density at radius 2 is 2.11 bits per heavy atom. The Balaban J connectivity index is 2.93. The Kier molecular flexibility index (Phi) is 4.53. The number of hydrogen-bond acceptors (Lipinski definition) is 3. The predicted octanol–water partition coefficient (Wildman–Crippen LogP) is 4.69. The molecule has 0 saturated carbocycles. The van der Waals surface area contributed by atoms with Crippen LogP contribution in [0.15, 0.2) is 35.2 Å². The molecule has 0 bridgehead atoms. The largest absolute Gasteiger partial charge is 0.358 e. The summed E-state index contributed by atoms with van der Waals surface area (Å²) in [7, 11) is 0. The van der Waals surface area contributed by atoms with E-state index < -0.39 is 11.6 Å². The van der Waals surface area contributed by atoms with Crippen LogP contribution >= 0.6 is 0 Å². The van der Waals surface area contributed by atoms with Gasteiger partial charge in [-0.3, -0.25) is 0 Å². The second-order valence-corrected chi connectivity index (χ2v) is 4.65. The van der Waals surface area contributed by atoms with E-state index >= 15 is 0 Å². The topological polar surface area (TPSA) is 48.2 Å². The molecule has 2 N–H and O–H groups in total. The number of nitrogens with zero attached hydrogens (tertiary/aromatic N) is 1. The maximum atomic E-state index is 13.4. The molecule has 0 heterocycles. The first-order valence-corrected chi connectivity index (χ1v) is 5.70. The lowest BCUT2D eigenvalue weighted by atomic mass is 9.87. The third-order valence-electron chi connectivity index (χ3n) is 2.99. The summed E-state index contributed by atoms with van der Waals surface area (Å²) in [6.45, 7) is 5.87. The fourth-order valence-electron chi connectivity index (χ4n) is 1.31. The Bertz CT molecular complexity index is 467. The van der Waals surface area contributed by atoms with Crippen molar-refractivity contribution in [3.05, 3.63) is 41.7 Å². The zero-order chi connectivity index (χ0) is 13.8. The molecule has 5 heteroatoms. The van der Waals surface area contributed by atoms with E-state index in [1.54, 1.807) is 0 Å². The standard InChI is InChI=1S/C13H17F2N3/c1-4-13(2,3)12(18-16)8-17-11-6-5-9(14)7-10(11)15/h5-8,16-17H,4H2,1-3H3/b12-8-,18-16?. The number of nitrogens with one attached hydrogen (secondary N) is 2. The fraction of sp³-hybridized carbons (Fsp3) is 0.385. The van der Waals surface area contributed by atoms with Crippen molar-refractivity contribution in [2.75, 3.05) is 5.32 Å². The van der Waals surface area contributed by atoms with E-state index in [9.17, 15) is 8.78 Å². The van der Waals surface area contributed by atoms with Crippen LogP contribution < -0.4 is 5.32 Å². The highest BCUT2D eigenvalue weighted by Crippen LogP contribution is 2.30. The van der Waals surface area contributed by atoms with Gasteiger partial charge < -0.3 is 5.32 Å². The molecular formula is C13H17F2N3. The average molecular weight is 253 g/mol. The molecule has 0 spiro atoms. The minimum atomic E-state index is -0.676. The summed E-state index contributed by atoms with van der Waals surface area (Å²) in [5.74, 6) is -1.30. The first kappa shape index (κ1) is 14.3. The molecule has 0 aliphatic carbocycles. The molecule has 0 saturated heterocycles. The van der Waals surface area contributed by atoms with Crippen LogP contribution in [-0.2, 0) is 0 Å². The maximum Gasteiger partial charge on any atom is 0.149 e. The highest BCUT2D eigenvalue weighted by molar-refractivity contribution is 5.47. The highest BCUT2D eigenvalue weighted by Gasteiger charge is 2.21. The van der Waals surface area contributed by atoms with E-state index in [-0.39, 0.29) is 11.1 Å². The second-order valence-electron chi connectivity index (χ2n) is 4.65. The van der Waals surface area contributed by atoms with Crippen molar-refractivity contribution in [3.8, 4) is 0 Å². The van der Waals surface area contributed by atoms with Gasteiger partial charge in [0.15, 0.2) is 0 Å². The molecule has 1 aromatic rings. The van der Waals surface area contributed by atoms with Gasteiger partial charge in [-0.05, 0) is 18.6 Å². The number of halogens is 2. The minimum Gasteiger partial charge on any atom is -0.358 e. The maximum absolute atomic E-state index is 13.4. The van der Waals surface area contributed by atoms with Gasteiger partial charge in [0.1, 0.15) is 11.6 Å². The number of rotatable bonds is 5. The van der Waals surface area contributed by atoms with E-state index in [2.05, 4.69) is 10.4 Å². The number of benzene rings is 1. The van der Waals surface area contributed by atoms with Crippen LogP contribution in [0.1, 0.15) is 27.2 Å². The van der Waals surface area contributed by atoms with Crippen molar-refractivity contribution in [3.63, 3.8) is 0 Å². The molecule has 0 aliphatic heterocycles. The highest BCUT2D eigenvalue weighted by atomic mass is 19.1. The summed E-state index contributed by atoms with van der Waals surface area (Å²) in [5, 5.41) is 6.16. The van der Waals surface area contributed by atoms with Gasteiger partial charge in [0.25, 0.3) is 0 Å². The smallest absolute Gasteiger partial charge is 0.149 e. The van der Waals surface area contributed by atoms with E-state index in [1.165, 1.54) is 18.3 Å². The molecule has 0 fully saturated rings. The van der Waals surface area contributed by atoms with Crippen LogP contribution in [0.4, 0.5) is 14.5 Å². The quantitative estimate of drug-likeness (QED) is 0.735. The normalized spacial score (nSPS) is 12.4. The molecular weight excluding hydrogens is 236 g/mol. The molecule has 0 atom stereocenters. The Labute approximate surface area is 105 Å². The van der Waals surface area contributed by atoms with Crippen molar-refractivity contribution >= 4 is 5.69 Å². The predicted molar refractivity (Wildman–Crippen MR) is 67.3 cm³/mol. The zero-order valence-corrected chi connectivity index (χ0v) is 10.7. The van der Waals surface area contributed by atoms with Crippen molar-refractivity contribution in [2.24, 2.45) is 10.5 Å². The summed E-state index contributed by atoms with van der Waals surface area (Å²) < 4.78 is 26.1. The summed E-state index contributed by atoms with van der Waals surface area (Å²) in [6.07, 6.45) is 2.28. The molecule has 0 unspecified atom stereocenters. The second kappa shape index (κ2) is 5.71. The summed E-state index contributed by atoms with van der Waals surface area (Å²) in [6, 6.07) is 3.28. The van der Waals surface area contributed by atoms with Crippen LogP contribution in [0.25, 0.3) is 0 Å². The third kappa shape index (κ3) is 3.35. The first-order chi connectivity index (χ1) is 8.40. The van der Waals surface area contributed by atoms with Crippen molar-refractivity contribution in [1.29, 1.82) is 5.53 Å². The molecule has 0 aromatic heterocycles. The average Bonchev–Trinajstić information content (AvgIpc) is 2.32. The number of hydrogen-bond donors (Lipinski definition) is 2. The number of anilines is 1. The summed E-state index contributed by atoms with van der Waals surface area (Å²) in [5.41, 5.74) is 7.53. The fourth-order valence-corrected chi connectivity index (χ4v) is 1.31. The van der Waals surface area contributed by atoms with Crippen molar-refractivity contribution in [2.45, 2.75) is 27.2 Å². The molecule has 98 valence electrons. The number of allylic oxidation sites excluding steroid dienone is 1. The van der Waals surface area contributed by atoms with Crippen LogP contribution in [0.3, 0.4) is 0 Å². The third-order valence-corrected chi connectivity index (χ3v) is 2.99. The van der Waals surface area contributed by atoms with Crippen molar-refractivity contribution in [1.82, 2.24) is 0 Å². The van der Waals surface area contributed by atoms with Gasteiger partial charge in [-0.25, -0.2) is 14.3 Å². The lowest BCUT2D eigenvalue weighted by Gasteiger charge is -2.22. The molecule has 0 amide bonds. The van der Waals surface area contributed by atoms with E-state index in [0.717, 1.165) is 12.5 Å². The van der Waals surface area contributed by atoms with Gasteiger partial charge in [0.2, 0.25) is 0 Å². The van der Waals surface area contributed by atoms with Crippen molar-refractivity contribution < 1.29 is 8.78 Å². The molecule has 1 rings (SSSR count). The van der Waals surface area contributed by atoms with Gasteiger partial charge in [-0.1, -0.05) is 20.8 Å². The Hall–Kier alpha value is -1.78. The SMILES string of the molecule is CCC(C)(C)/C(=C/Nc1ccc(F)cc1F)N=N. The molecule has 0 aliphatic rings. The summed E-state index contributed by atoms with van der Waals surface area (Å²) in [4.78, 5) is 0. The van der Waals surface area contributed by atoms with Gasteiger partial charge >= 0.3 is 0 Å². The molecule has 0 radical (unpaired) electrons. The van der Waals surface area contributed by atoms with E-state index in [0.29, 0.717) is 5.70 Å². The van der Waals surface area contributed by atoms with Gasteiger partial charge in [-0.15, -0.1) is 0 Å². The van der Waals surface area contributed by atoms with E-state index in [1.807, 2.05) is 20.8 Å². The Morgan fingerprint density at radius 3 is 2.61 bits per heavy atom. The molecule has 1 aromatic carbocycles. The van der Waals surface area contributed by atoms with Crippen LogP contribution in [0.5, 0.6) is 0 Å². The van der Waals surface area contributed by atoms with Gasteiger partial charge in [-0.2, -0.15) is 5.11 Å². The Morgan fingerprint density at radius 1 is 1.44 bits per heavy atom. The molecule has 3 nitrogen and oxygen atoms in total. The van der Waals surface area contributed by atoms with Crippen LogP contribution in [0, 0.1) is 22.6 Å². The van der Waals surface area contributed by atoms with Gasteiger partial charge in [0.05, 0.1) is 11.4 Å². The van der Waals surface area contributed by atoms with Crippen LogP contribution in [0.2, 0.25) is 0 Å². The monoisotopic (exact) mass is 253 g/mol. The van der Waals surface area contributed by atoms with Gasteiger partial charge in [0, 0.05) is 17.7 Å². The van der Waals surface area contributed by atoms with E-state index in [4.69, 9.17) is 5.53 Å². The molecule has 18 heavy (non-hydrogen) atoms. The zero-order valence-electron chi connectivity index (χ0n) is 10.7. The lowest BCUT2D eigenvalue weighted by molar-refractivity contribution is 0.418. The minimum absolute atomic E-state index is 0.157. The van der Waals surface area contributed by atoms with Crippen LogP contribution in [-0.4, -0.2) is 0 Å².